The molecule has 26 heavy (non-hydrogen) atoms. The van der Waals surface area contributed by atoms with Gasteiger partial charge in [0.2, 0.25) is 10.0 Å². The number of benzene rings is 2. The lowest BCUT2D eigenvalue weighted by atomic mass is 10.2. The highest BCUT2D eigenvalue weighted by Gasteiger charge is 2.13. The zero-order valence-electron chi connectivity index (χ0n) is 14.7. The van der Waals surface area contributed by atoms with Crippen LogP contribution in [0.2, 0.25) is 5.02 Å². The van der Waals surface area contributed by atoms with Gasteiger partial charge < -0.3 is 5.32 Å². The van der Waals surface area contributed by atoms with Gasteiger partial charge in [0.1, 0.15) is 0 Å². The quantitative estimate of drug-likeness (QED) is 0.617. The van der Waals surface area contributed by atoms with Crippen molar-refractivity contribution in [3.8, 4) is 0 Å². The number of carbonyl (C=O) groups excluding carboxylic acids is 1. The van der Waals surface area contributed by atoms with Crippen LogP contribution in [0.4, 0.5) is 5.69 Å². The van der Waals surface area contributed by atoms with Crippen LogP contribution in [-0.2, 0) is 10.0 Å². The summed E-state index contributed by atoms with van der Waals surface area (Å²) >= 11 is 5.80. The van der Waals surface area contributed by atoms with E-state index >= 15 is 0 Å². The molecule has 0 bridgehead atoms. The SMILES string of the molecule is CCCCCCNS(=O)(=O)c1ccc(NC(=O)c2ccc(Cl)cc2)cc1. The molecule has 0 unspecified atom stereocenters. The molecule has 0 saturated heterocycles. The molecular formula is C19H23ClN2O3S. The Morgan fingerprint density at radius 3 is 2.23 bits per heavy atom. The molecule has 0 radical (unpaired) electrons. The van der Waals surface area contributed by atoms with Gasteiger partial charge in [-0.25, -0.2) is 13.1 Å². The summed E-state index contributed by atoms with van der Waals surface area (Å²) in [6.45, 7) is 2.54. The van der Waals surface area contributed by atoms with Gasteiger partial charge in [-0.15, -0.1) is 0 Å². The zero-order chi connectivity index (χ0) is 19.0. The van der Waals surface area contributed by atoms with E-state index in [0.717, 1.165) is 25.7 Å². The molecule has 2 aromatic rings. The predicted octanol–water partition coefficient (Wildman–Crippen LogP) is 4.45. The Kier molecular flexibility index (Phi) is 7.63. The number of halogens is 1. The van der Waals surface area contributed by atoms with E-state index in [9.17, 15) is 13.2 Å². The van der Waals surface area contributed by atoms with Gasteiger partial charge in [-0.1, -0.05) is 37.8 Å². The van der Waals surface area contributed by atoms with Crippen molar-refractivity contribution in [2.75, 3.05) is 11.9 Å². The summed E-state index contributed by atoms with van der Waals surface area (Å²) in [5, 5.41) is 3.28. The van der Waals surface area contributed by atoms with Crippen LogP contribution in [0, 0.1) is 0 Å². The lowest BCUT2D eigenvalue weighted by molar-refractivity contribution is 0.102. The van der Waals surface area contributed by atoms with Crippen LogP contribution in [0.15, 0.2) is 53.4 Å². The van der Waals surface area contributed by atoms with E-state index in [4.69, 9.17) is 11.6 Å². The third-order valence-corrected chi connectivity index (χ3v) is 5.58. The molecule has 2 aromatic carbocycles. The maximum atomic E-state index is 12.2. The number of nitrogens with one attached hydrogen (secondary N) is 2. The normalized spacial score (nSPS) is 11.3. The van der Waals surface area contributed by atoms with Gasteiger partial charge >= 0.3 is 0 Å². The van der Waals surface area contributed by atoms with Crippen LogP contribution in [0.1, 0.15) is 43.0 Å². The standard InChI is InChI=1S/C19H23ClN2O3S/c1-2-3-4-5-14-21-26(24,25)18-12-10-17(11-13-18)22-19(23)15-6-8-16(20)9-7-15/h6-13,21H,2-5,14H2,1H3,(H,22,23). The minimum absolute atomic E-state index is 0.178. The van der Waals surface area contributed by atoms with E-state index in [1.165, 1.54) is 12.1 Å². The number of hydrogen-bond donors (Lipinski definition) is 2. The average Bonchev–Trinajstić information content (AvgIpc) is 2.62. The first kappa shape index (κ1) is 20.4. The Morgan fingerprint density at radius 1 is 0.962 bits per heavy atom. The maximum Gasteiger partial charge on any atom is 0.255 e. The van der Waals surface area contributed by atoms with Gasteiger partial charge in [0.15, 0.2) is 0 Å². The molecule has 0 saturated carbocycles. The average molecular weight is 395 g/mol. The molecule has 2 rings (SSSR count). The van der Waals surface area contributed by atoms with Crippen LogP contribution in [0.5, 0.6) is 0 Å². The fourth-order valence-electron chi connectivity index (χ4n) is 2.36. The van der Waals surface area contributed by atoms with Crippen molar-refractivity contribution >= 4 is 33.2 Å². The first-order chi connectivity index (χ1) is 12.4. The third-order valence-electron chi connectivity index (χ3n) is 3.85. The Hall–Kier alpha value is -1.89. The van der Waals surface area contributed by atoms with Gasteiger partial charge in [0, 0.05) is 22.8 Å². The summed E-state index contributed by atoms with van der Waals surface area (Å²) in [6.07, 6.45) is 4.04. The van der Waals surface area contributed by atoms with Crippen LogP contribution < -0.4 is 10.0 Å². The monoisotopic (exact) mass is 394 g/mol. The number of rotatable bonds is 9. The number of carbonyl (C=O) groups is 1. The summed E-state index contributed by atoms with van der Waals surface area (Å²) in [7, 11) is -3.53. The highest BCUT2D eigenvalue weighted by molar-refractivity contribution is 7.89. The van der Waals surface area contributed by atoms with E-state index < -0.39 is 10.0 Å². The minimum atomic E-state index is -3.53. The minimum Gasteiger partial charge on any atom is -0.322 e. The van der Waals surface area contributed by atoms with Crippen LogP contribution in [0.3, 0.4) is 0 Å². The van der Waals surface area contributed by atoms with Crippen molar-refractivity contribution in [1.29, 1.82) is 0 Å². The number of hydrogen-bond acceptors (Lipinski definition) is 3. The molecule has 0 spiro atoms. The van der Waals surface area contributed by atoms with E-state index in [-0.39, 0.29) is 10.8 Å². The molecule has 0 aliphatic heterocycles. The summed E-state index contributed by atoms with van der Waals surface area (Å²) in [5.41, 5.74) is 0.992. The fraction of sp³-hybridized carbons (Fsp3) is 0.316. The Labute approximate surface area is 159 Å². The van der Waals surface area contributed by atoms with Crippen molar-refractivity contribution < 1.29 is 13.2 Å². The van der Waals surface area contributed by atoms with Crippen molar-refractivity contribution in [3.63, 3.8) is 0 Å². The Morgan fingerprint density at radius 2 is 1.62 bits per heavy atom. The topological polar surface area (TPSA) is 75.3 Å². The first-order valence-electron chi connectivity index (χ1n) is 8.59. The highest BCUT2D eigenvalue weighted by atomic mass is 35.5. The van der Waals surface area contributed by atoms with Gasteiger partial charge in [-0.3, -0.25) is 4.79 Å². The summed E-state index contributed by atoms with van der Waals surface area (Å²) in [5.74, 6) is -0.286. The first-order valence-corrected chi connectivity index (χ1v) is 10.4. The van der Waals surface area contributed by atoms with E-state index in [1.54, 1.807) is 36.4 Å². The fourth-order valence-corrected chi connectivity index (χ4v) is 3.56. The second-order valence-corrected chi connectivity index (χ2v) is 8.15. The lowest BCUT2D eigenvalue weighted by Crippen LogP contribution is -2.24. The van der Waals surface area contributed by atoms with Crippen LogP contribution in [0.25, 0.3) is 0 Å². The van der Waals surface area contributed by atoms with Gasteiger partial charge in [-0.2, -0.15) is 0 Å². The number of sulfonamides is 1. The number of anilines is 1. The summed E-state index contributed by atoms with van der Waals surface area (Å²) in [4.78, 5) is 12.3. The molecule has 1 amide bonds. The lowest BCUT2D eigenvalue weighted by Gasteiger charge is -2.09. The van der Waals surface area contributed by atoms with Gasteiger partial charge in [0.05, 0.1) is 4.90 Å². The molecule has 7 heteroatoms. The molecule has 2 N–H and O–H groups in total. The smallest absolute Gasteiger partial charge is 0.255 e. The molecule has 5 nitrogen and oxygen atoms in total. The molecule has 0 aliphatic carbocycles. The maximum absolute atomic E-state index is 12.2. The number of unbranched alkanes of at least 4 members (excludes halogenated alkanes) is 3. The van der Waals surface area contributed by atoms with Crippen molar-refractivity contribution in [3.05, 3.63) is 59.1 Å². The second kappa shape index (κ2) is 9.71. The molecule has 0 aromatic heterocycles. The Bertz CT molecular complexity index is 819. The third kappa shape index (κ3) is 6.12. The molecule has 140 valence electrons. The van der Waals surface area contributed by atoms with Crippen LogP contribution >= 0.6 is 11.6 Å². The van der Waals surface area contributed by atoms with E-state index in [0.29, 0.717) is 22.8 Å². The molecule has 0 atom stereocenters. The molecule has 0 heterocycles. The highest BCUT2D eigenvalue weighted by Crippen LogP contribution is 2.16. The largest absolute Gasteiger partial charge is 0.322 e. The van der Waals surface area contributed by atoms with Crippen molar-refractivity contribution in [2.45, 2.75) is 37.5 Å². The summed E-state index contributed by atoms with van der Waals surface area (Å²) < 4.78 is 27.1. The molecule has 0 aliphatic rings. The summed E-state index contributed by atoms with van der Waals surface area (Å²) in [6, 6.07) is 12.6. The van der Waals surface area contributed by atoms with E-state index in [1.807, 2.05) is 0 Å². The van der Waals surface area contributed by atoms with Gasteiger partial charge in [-0.05, 0) is 55.0 Å². The predicted molar refractivity (Wildman–Crippen MR) is 105 cm³/mol. The number of amides is 1. The van der Waals surface area contributed by atoms with Gasteiger partial charge in [0.25, 0.3) is 5.91 Å². The van der Waals surface area contributed by atoms with Crippen LogP contribution in [-0.4, -0.2) is 20.9 Å². The van der Waals surface area contributed by atoms with Crippen molar-refractivity contribution in [1.82, 2.24) is 4.72 Å². The van der Waals surface area contributed by atoms with E-state index in [2.05, 4.69) is 17.0 Å². The Balaban J connectivity index is 1.94. The van der Waals surface area contributed by atoms with Crippen molar-refractivity contribution in [2.24, 2.45) is 0 Å². The molecular weight excluding hydrogens is 372 g/mol. The zero-order valence-corrected chi connectivity index (χ0v) is 16.2. The molecule has 0 fully saturated rings. The second-order valence-electron chi connectivity index (χ2n) is 5.94.